The molecule has 0 bridgehead atoms. The van der Waals surface area contributed by atoms with Crippen LogP contribution < -0.4 is 20.1 Å². The molecule has 2 heterocycles. The van der Waals surface area contributed by atoms with Crippen molar-refractivity contribution in [3.05, 3.63) is 35.7 Å². The maximum absolute atomic E-state index is 12.3. The molecule has 0 fully saturated rings. The number of hydrogen-bond donors (Lipinski definition) is 2. The molecule has 0 radical (unpaired) electrons. The lowest BCUT2D eigenvalue weighted by molar-refractivity contribution is -0.132. The molecule has 0 aromatic heterocycles. The van der Waals surface area contributed by atoms with Crippen LogP contribution in [0, 0.1) is 0 Å². The summed E-state index contributed by atoms with van der Waals surface area (Å²) in [7, 11) is 1.53. The molecule has 0 saturated carbocycles. The molecule has 2 aliphatic rings. The van der Waals surface area contributed by atoms with Gasteiger partial charge in [-0.25, -0.2) is 4.79 Å². The van der Waals surface area contributed by atoms with Gasteiger partial charge in [0.2, 0.25) is 11.8 Å². The van der Waals surface area contributed by atoms with Gasteiger partial charge in [-0.1, -0.05) is 12.1 Å². The average Bonchev–Trinajstić information content (AvgIpc) is 3.21. The molecule has 11 heteroatoms. The molecule has 0 aliphatic carbocycles. The quantitative estimate of drug-likeness (QED) is 0.539. The molecule has 1 atom stereocenters. The number of carbonyl (C=O) groups excluding carboxylic acids is 4. The van der Waals surface area contributed by atoms with Gasteiger partial charge in [0.05, 0.1) is 25.9 Å². The van der Waals surface area contributed by atoms with Crippen molar-refractivity contribution in [2.45, 2.75) is 5.25 Å². The number of carbonyl (C=O) groups is 4. The zero-order chi connectivity index (χ0) is 21.5. The first-order chi connectivity index (χ1) is 14.5. The van der Waals surface area contributed by atoms with Gasteiger partial charge in [0.15, 0.2) is 11.5 Å². The number of para-hydroxylation sites is 2. The Morgan fingerprint density at radius 2 is 1.93 bits per heavy atom. The Morgan fingerprint density at radius 3 is 2.70 bits per heavy atom. The molecule has 3 rings (SSSR count). The third kappa shape index (κ3) is 5.17. The lowest BCUT2D eigenvalue weighted by atomic mass is 10.2. The van der Waals surface area contributed by atoms with Crippen LogP contribution in [0.25, 0.3) is 0 Å². The molecular weight excluding hydrogens is 412 g/mol. The molecular formula is C19H20N4O6S. The van der Waals surface area contributed by atoms with E-state index < -0.39 is 35.5 Å². The van der Waals surface area contributed by atoms with Crippen LogP contribution in [0.5, 0.6) is 11.5 Å². The first-order valence-electron chi connectivity index (χ1n) is 9.04. The van der Waals surface area contributed by atoms with Gasteiger partial charge in [-0.3, -0.25) is 19.3 Å². The molecule has 30 heavy (non-hydrogen) atoms. The van der Waals surface area contributed by atoms with Gasteiger partial charge in [-0.15, -0.1) is 11.8 Å². The Labute approximate surface area is 176 Å². The number of methoxy groups -OCH3 is 1. The monoisotopic (exact) mass is 432 g/mol. The zero-order valence-corrected chi connectivity index (χ0v) is 16.9. The maximum atomic E-state index is 12.3. The van der Waals surface area contributed by atoms with Crippen molar-refractivity contribution in [1.82, 2.24) is 15.5 Å². The van der Waals surface area contributed by atoms with Crippen molar-refractivity contribution in [1.29, 1.82) is 0 Å². The van der Waals surface area contributed by atoms with E-state index in [1.165, 1.54) is 18.9 Å². The SMILES string of the molecule is COc1ccccc1OCCNC(=O)CNC(=O)CN1C(=O)N=C2C=CSC2C1=O. The number of urea groups is 1. The van der Waals surface area contributed by atoms with Crippen molar-refractivity contribution in [2.75, 3.05) is 33.4 Å². The summed E-state index contributed by atoms with van der Waals surface area (Å²) in [5, 5.41) is 6.06. The number of fused-ring (bicyclic) bond motifs is 1. The van der Waals surface area contributed by atoms with Crippen molar-refractivity contribution < 1.29 is 28.7 Å². The zero-order valence-electron chi connectivity index (χ0n) is 16.1. The minimum absolute atomic E-state index is 0.213. The standard InChI is InChI=1S/C19H20N4O6S/c1-28-13-4-2-3-5-14(13)29-8-7-20-15(24)10-21-16(25)11-23-18(26)17-12(6-9-30-17)22-19(23)27/h2-6,9,17H,7-8,10-11H2,1H3,(H,20,24)(H,21,25). The maximum Gasteiger partial charge on any atom is 0.351 e. The first-order valence-corrected chi connectivity index (χ1v) is 9.99. The van der Waals surface area contributed by atoms with E-state index >= 15 is 0 Å². The Morgan fingerprint density at radius 1 is 1.17 bits per heavy atom. The number of ether oxygens (including phenoxy) is 2. The van der Waals surface area contributed by atoms with Crippen LogP contribution in [0.1, 0.15) is 0 Å². The van der Waals surface area contributed by atoms with Gasteiger partial charge >= 0.3 is 6.03 Å². The minimum atomic E-state index is -0.786. The highest BCUT2D eigenvalue weighted by atomic mass is 32.2. The van der Waals surface area contributed by atoms with E-state index in [1.807, 2.05) is 6.07 Å². The number of aliphatic imine (C=N–C) groups is 1. The molecule has 1 unspecified atom stereocenters. The smallest absolute Gasteiger partial charge is 0.351 e. The number of rotatable bonds is 9. The van der Waals surface area contributed by atoms with E-state index in [2.05, 4.69) is 15.6 Å². The van der Waals surface area contributed by atoms with Crippen LogP contribution in [0.3, 0.4) is 0 Å². The fourth-order valence-electron chi connectivity index (χ4n) is 2.71. The third-order valence-electron chi connectivity index (χ3n) is 4.17. The molecule has 0 saturated heterocycles. The topological polar surface area (TPSA) is 126 Å². The molecule has 0 spiro atoms. The average molecular weight is 432 g/mol. The second-order valence-electron chi connectivity index (χ2n) is 6.19. The Balaban J connectivity index is 1.36. The highest BCUT2D eigenvalue weighted by Crippen LogP contribution is 2.27. The van der Waals surface area contributed by atoms with Crippen LogP contribution in [0.15, 0.2) is 40.7 Å². The van der Waals surface area contributed by atoms with Crippen molar-refractivity contribution in [3.63, 3.8) is 0 Å². The summed E-state index contributed by atoms with van der Waals surface area (Å²) in [6.07, 6.45) is 1.60. The molecule has 2 aliphatic heterocycles. The Bertz CT molecular complexity index is 916. The Kier molecular flexibility index (Phi) is 7.07. The second kappa shape index (κ2) is 9.92. The largest absolute Gasteiger partial charge is 0.493 e. The van der Waals surface area contributed by atoms with Crippen LogP contribution in [-0.2, 0) is 14.4 Å². The van der Waals surface area contributed by atoms with Gasteiger partial charge in [-0.05, 0) is 23.6 Å². The molecule has 1 aromatic carbocycles. The molecule has 1 aromatic rings. The summed E-state index contributed by atoms with van der Waals surface area (Å²) in [6.45, 7) is -0.350. The molecule has 158 valence electrons. The number of amides is 5. The Hall–Kier alpha value is -3.34. The van der Waals surface area contributed by atoms with Crippen molar-refractivity contribution in [3.8, 4) is 11.5 Å². The van der Waals surface area contributed by atoms with Gasteiger partial charge in [0.25, 0.3) is 5.91 Å². The third-order valence-corrected chi connectivity index (χ3v) is 5.18. The van der Waals surface area contributed by atoms with Crippen LogP contribution in [0.2, 0.25) is 0 Å². The normalized spacial score (nSPS) is 17.3. The summed E-state index contributed by atoms with van der Waals surface area (Å²) in [5.41, 5.74) is 0.390. The number of hydrogen-bond acceptors (Lipinski definition) is 7. The summed E-state index contributed by atoms with van der Waals surface area (Å²) < 4.78 is 10.7. The predicted molar refractivity (Wildman–Crippen MR) is 110 cm³/mol. The molecule has 5 amide bonds. The number of imide groups is 1. The second-order valence-corrected chi connectivity index (χ2v) is 7.20. The van der Waals surface area contributed by atoms with Gasteiger partial charge in [0, 0.05) is 0 Å². The lowest BCUT2D eigenvalue weighted by Gasteiger charge is -2.25. The highest BCUT2D eigenvalue weighted by molar-refractivity contribution is 8.04. The molecule has 10 nitrogen and oxygen atoms in total. The fraction of sp³-hybridized carbons (Fsp3) is 0.316. The van der Waals surface area contributed by atoms with Crippen LogP contribution >= 0.6 is 11.8 Å². The predicted octanol–water partition coefficient (Wildman–Crippen LogP) is 0.339. The fourth-order valence-corrected chi connectivity index (χ4v) is 3.60. The molecule has 2 N–H and O–H groups in total. The van der Waals surface area contributed by atoms with E-state index in [0.29, 0.717) is 17.2 Å². The summed E-state index contributed by atoms with van der Waals surface area (Å²) in [6, 6.07) is 6.34. The van der Waals surface area contributed by atoms with Crippen molar-refractivity contribution in [2.24, 2.45) is 4.99 Å². The number of allylic oxidation sites excluding steroid dienone is 1. The first kappa shape index (κ1) is 21.4. The van der Waals surface area contributed by atoms with Gasteiger partial charge in [0.1, 0.15) is 18.4 Å². The highest BCUT2D eigenvalue weighted by Gasteiger charge is 2.39. The van der Waals surface area contributed by atoms with Crippen LogP contribution in [0.4, 0.5) is 4.79 Å². The van der Waals surface area contributed by atoms with E-state index in [4.69, 9.17) is 9.47 Å². The number of nitrogens with zero attached hydrogens (tertiary/aromatic N) is 2. The number of benzene rings is 1. The van der Waals surface area contributed by atoms with Gasteiger partial charge in [-0.2, -0.15) is 4.99 Å². The van der Waals surface area contributed by atoms with E-state index in [1.54, 1.807) is 29.7 Å². The van der Waals surface area contributed by atoms with E-state index in [0.717, 1.165) is 4.90 Å². The number of thioether (sulfide) groups is 1. The van der Waals surface area contributed by atoms with E-state index in [-0.39, 0.29) is 19.7 Å². The summed E-state index contributed by atoms with van der Waals surface area (Å²) in [5.74, 6) is -0.417. The van der Waals surface area contributed by atoms with Crippen LogP contribution in [-0.4, -0.2) is 73.0 Å². The van der Waals surface area contributed by atoms with E-state index in [9.17, 15) is 19.2 Å². The number of nitrogens with one attached hydrogen (secondary N) is 2. The van der Waals surface area contributed by atoms with Crippen molar-refractivity contribution >= 4 is 41.2 Å². The minimum Gasteiger partial charge on any atom is -0.493 e. The summed E-state index contributed by atoms with van der Waals surface area (Å²) in [4.78, 5) is 52.7. The summed E-state index contributed by atoms with van der Waals surface area (Å²) >= 11 is 1.23. The van der Waals surface area contributed by atoms with Gasteiger partial charge < -0.3 is 20.1 Å². The lowest BCUT2D eigenvalue weighted by Crippen LogP contribution is -2.51.